The van der Waals surface area contributed by atoms with Crippen LogP contribution >= 0.6 is 0 Å². The van der Waals surface area contributed by atoms with Crippen molar-refractivity contribution >= 4 is 17.0 Å². The Morgan fingerprint density at radius 2 is 1.89 bits per heavy atom. The number of hydrogen-bond donors (Lipinski definition) is 2. The second kappa shape index (κ2) is 4.44. The third-order valence-electron chi connectivity index (χ3n) is 2.84. The van der Waals surface area contributed by atoms with E-state index >= 15 is 0 Å². The first-order valence-corrected chi connectivity index (χ1v) is 5.82. The van der Waals surface area contributed by atoms with Gasteiger partial charge >= 0.3 is 0 Å². The molecule has 90 valence electrons. The van der Waals surface area contributed by atoms with Crippen LogP contribution in [0.3, 0.4) is 0 Å². The fourth-order valence-corrected chi connectivity index (χ4v) is 1.92. The van der Waals surface area contributed by atoms with Crippen molar-refractivity contribution in [1.29, 1.82) is 0 Å². The maximum Gasteiger partial charge on any atom is 0.183 e. The summed E-state index contributed by atoms with van der Waals surface area (Å²) < 4.78 is 0. The molecule has 18 heavy (non-hydrogen) atoms. The summed E-state index contributed by atoms with van der Waals surface area (Å²) in [6, 6.07) is 10.3. The van der Waals surface area contributed by atoms with Crippen LogP contribution in [0, 0.1) is 0 Å². The Morgan fingerprint density at radius 3 is 2.72 bits per heavy atom. The van der Waals surface area contributed by atoms with Crippen LogP contribution in [0.5, 0.6) is 0 Å². The van der Waals surface area contributed by atoms with Crippen molar-refractivity contribution in [3.63, 3.8) is 0 Å². The highest BCUT2D eigenvalue weighted by Gasteiger charge is 2.07. The van der Waals surface area contributed by atoms with Gasteiger partial charge in [-0.25, -0.2) is 15.0 Å². The number of nitrogen functional groups attached to an aromatic ring is 1. The largest absolute Gasteiger partial charge is 0.382 e. The number of aromatic nitrogens is 4. The lowest BCUT2D eigenvalue weighted by atomic mass is 10.1. The van der Waals surface area contributed by atoms with Gasteiger partial charge < -0.3 is 10.7 Å². The summed E-state index contributed by atoms with van der Waals surface area (Å²) in [5.41, 5.74) is 8.45. The molecule has 0 saturated heterocycles. The van der Waals surface area contributed by atoms with E-state index in [2.05, 4.69) is 32.1 Å². The number of nitrogens with one attached hydrogen (secondary N) is 1. The molecule has 0 saturated carbocycles. The highest BCUT2D eigenvalue weighted by atomic mass is 15.0. The minimum Gasteiger partial charge on any atom is -0.382 e. The van der Waals surface area contributed by atoms with E-state index in [9.17, 15) is 0 Å². The topological polar surface area (TPSA) is 80.5 Å². The van der Waals surface area contributed by atoms with Crippen molar-refractivity contribution < 1.29 is 0 Å². The summed E-state index contributed by atoms with van der Waals surface area (Å²) in [4.78, 5) is 15.7. The van der Waals surface area contributed by atoms with Crippen molar-refractivity contribution in [2.45, 2.75) is 12.8 Å². The van der Waals surface area contributed by atoms with E-state index in [-0.39, 0.29) is 0 Å². The SMILES string of the molecule is Nc1nc(CCc2ccccc2)nc2nc[nH]c12. The number of fused-ring (bicyclic) bond motifs is 1. The van der Waals surface area contributed by atoms with Gasteiger partial charge in [0, 0.05) is 6.42 Å². The number of benzene rings is 1. The second-order valence-electron chi connectivity index (χ2n) is 4.11. The van der Waals surface area contributed by atoms with Crippen LogP contribution in [0.15, 0.2) is 36.7 Å². The van der Waals surface area contributed by atoms with Crippen LogP contribution in [0.4, 0.5) is 5.82 Å². The molecule has 0 unspecified atom stereocenters. The third kappa shape index (κ3) is 2.02. The second-order valence-corrected chi connectivity index (χ2v) is 4.11. The minimum absolute atomic E-state index is 0.459. The van der Waals surface area contributed by atoms with Gasteiger partial charge in [-0.15, -0.1) is 0 Å². The molecule has 0 amide bonds. The molecule has 2 heterocycles. The van der Waals surface area contributed by atoms with Crippen molar-refractivity contribution in [1.82, 2.24) is 19.9 Å². The van der Waals surface area contributed by atoms with E-state index < -0.39 is 0 Å². The molecule has 0 aliphatic rings. The molecular formula is C13H13N5. The first kappa shape index (κ1) is 10.7. The summed E-state index contributed by atoms with van der Waals surface area (Å²) in [6.07, 6.45) is 3.24. The average molecular weight is 239 g/mol. The number of nitrogens with two attached hydrogens (primary N) is 1. The first-order chi connectivity index (χ1) is 8.83. The predicted octanol–water partition coefficient (Wildman–Crippen LogP) is 1.72. The van der Waals surface area contributed by atoms with E-state index in [1.165, 1.54) is 5.56 Å². The number of nitrogens with zero attached hydrogens (tertiary/aromatic N) is 3. The lowest BCUT2D eigenvalue weighted by Gasteiger charge is -2.02. The Labute approximate surface area is 104 Å². The van der Waals surface area contributed by atoms with Crippen LogP contribution in [0.25, 0.3) is 11.2 Å². The zero-order valence-corrected chi connectivity index (χ0v) is 9.80. The minimum atomic E-state index is 0.459. The fraction of sp³-hybridized carbons (Fsp3) is 0.154. The van der Waals surface area contributed by atoms with Gasteiger partial charge in [0.25, 0.3) is 0 Å². The third-order valence-corrected chi connectivity index (χ3v) is 2.84. The Balaban J connectivity index is 1.82. The Kier molecular flexibility index (Phi) is 2.64. The van der Waals surface area contributed by atoms with E-state index in [0.29, 0.717) is 17.0 Å². The maximum atomic E-state index is 5.85. The van der Waals surface area contributed by atoms with Gasteiger partial charge in [0.15, 0.2) is 11.5 Å². The molecule has 0 atom stereocenters. The van der Waals surface area contributed by atoms with Gasteiger partial charge in [0.05, 0.1) is 6.33 Å². The van der Waals surface area contributed by atoms with Gasteiger partial charge in [-0.2, -0.15) is 0 Å². The van der Waals surface area contributed by atoms with Crippen molar-refractivity contribution in [3.8, 4) is 0 Å². The smallest absolute Gasteiger partial charge is 0.183 e. The molecule has 0 fully saturated rings. The van der Waals surface area contributed by atoms with Crippen molar-refractivity contribution in [2.75, 3.05) is 5.73 Å². The van der Waals surface area contributed by atoms with Crippen LogP contribution in [0.2, 0.25) is 0 Å². The standard InChI is InChI=1S/C13H13N5/c14-12-11-13(16-8-15-11)18-10(17-12)7-6-9-4-2-1-3-5-9/h1-5,8H,6-7H2,(H3,14,15,16,17,18). The van der Waals surface area contributed by atoms with Crippen molar-refractivity contribution in [2.24, 2.45) is 0 Å². The number of H-pyrrole nitrogens is 1. The summed E-state index contributed by atoms with van der Waals surface area (Å²) in [7, 11) is 0. The van der Waals surface area contributed by atoms with Gasteiger partial charge in [-0.1, -0.05) is 30.3 Å². The molecule has 0 aliphatic heterocycles. The van der Waals surface area contributed by atoms with Crippen LogP contribution < -0.4 is 5.73 Å². The van der Waals surface area contributed by atoms with Gasteiger partial charge in [0.1, 0.15) is 11.3 Å². The van der Waals surface area contributed by atoms with E-state index in [4.69, 9.17) is 5.73 Å². The van der Waals surface area contributed by atoms with Crippen molar-refractivity contribution in [3.05, 3.63) is 48.0 Å². The fourth-order valence-electron chi connectivity index (χ4n) is 1.92. The van der Waals surface area contributed by atoms with E-state index in [1.54, 1.807) is 6.33 Å². The number of anilines is 1. The molecule has 5 heteroatoms. The Morgan fingerprint density at radius 1 is 1.06 bits per heavy atom. The monoisotopic (exact) mass is 239 g/mol. The molecule has 0 radical (unpaired) electrons. The first-order valence-electron chi connectivity index (χ1n) is 5.82. The summed E-state index contributed by atoms with van der Waals surface area (Å²) in [6.45, 7) is 0. The average Bonchev–Trinajstić information content (AvgIpc) is 2.86. The summed E-state index contributed by atoms with van der Waals surface area (Å²) in [5, 5.41) is 0. The Bertz CT molecular complexity index is 659. The number of imidazole rings is 1. The molecule has 2 aromatic heterocycles. The summed E-state index contributed by atoms with van der Waals surface area (Å²) >= 11 is 0. The number of hydrogen-bond acceptors (Lipinski definition) is 4. The van der Waals surface area contributed by atoms with Crippen LogP contribution in [-0.4, -0.2) is 19.9 Å². The highest BCUT2D eigenvalue weighted by molar-refractivity contribution is 5.80. The zero-order valence-electron chi connectivity index (χ0n) is 9.80. The van der Waals surface area contributed by atoms with Crippen LogP contribution in [0.1, 0.15) is 11.4 Å². The highest BCUT2D eigenvalue weighted by Crippen LogP contribution is 2.14. The molecule has 0 spiro atoms. The molecule has 3 N–H and O–H groups in total. The predicted molar refractivity (Wildman–Crippen MR) is 69.9 cm³/mol. The molecular weight excluding hydrogens is 226 g/mol. The maximum absolute atomic E-state index is 5.85. The number of aryl methyl sites for hydroxylation is 2. The molecule has 0 aliphatic carbocycles. The lowest BCUT2D eigenvalue weighted by Crippen LogP contribution is -2.02. The van der Waals surface area contributed by atoms with Gasteiger partial charge in [-0.3, -0.25) is 0 Å². The summed E-state index contributed by atoms with van der Waals surface area (Å²) in [5.74, 6) is 1.19. The molecule has 0 bridgehead atoms. The molecule has 1 aromatic carbocycles. The van der Waals surface area contributed by atoms with E-state index in [0.717, 1.165) is 18.7 Å². The number of aromatic amines is 1. The van der Waals surface area contributed by atoms with E-state index in [1.807, 2.05) is 18.2 Å². The quantitative estimate of drug-likeness (QED) is 0.729. The molecule has 3 aromatic rings. The lowest BCUT2D eigenvalue weighted by molar-refractivity contribution is 0.870. The molecule has 5 nitrogen and oxygen atoms in total. The van der Waals surface area contributed by atoms with Gasteiger partial charge in [-0.05, 0) is 12.0 Å². The molecule has 3 rings (SSSR count). The number of rotatable bonds is 3. The zero-order chi connectivity index (χ0) is 12.4. The van der Waals surface area contributed by atoms with Gasteiger partial charge in [0.2, 0.25) is 0 Å². The van der Waals surface area contributed by atoms with Crippen LogP contribution in [-0.2, 0) is 12.8 Å². The normalized spacial score (nSPS) is 10.9. The Hall–Kier alpha value is -2.43.